The van der Waals surface area contributed by atoms with Gasteiger partial charge in [-0.1, -0.05) is 32.0 Å². The summed E-state index contributed by atoms with van der Waals surface area (Å²) in [5, 5.41) is 1.12. The fourth-order valence-corrected chi connectivity index (χ4v) is 3.50. The van der Waals surface area contributed by atoms with E-state index in [1.54, 1.807) is 14.2 Å². The van der Waals surface area contributed by atoms with Gasteiger partial charge in [0.15, 0.2) is 11.5 Å². The fourth-order valence-electron chi connectivity index (χ4n) is 3.50. The van der Waals surface area contributed by atoms with Gasteiger partial charge in [0.2, 0.25) is 0 Å². The maximum absolute atomic E-state index is 5.49. The second-order valence-electron chi connectivity index (χ2n) is 7.02. The number of pyridine rings is 1. The van der Waals surface area contributed by atoms with Crippen molar-refractivity contribution in [1.82, 2.24) is 14.5 Å². The molecule has 0 N–H and O–H groups in total. The van der Waals surface area contributed by atoms with Crippen molar-refractivity contribution in [1.29, 1.82) is 0 Å². The summed E-state index contributed by atoms with van der Waals surface area (Å²) in [4.78, 5) is 9.50. The fraction of sp³-hybridized carbons (Fsp3) is 0.273. The molecular weight excluding hydrogens is 338 g/mol. The highest BCUT2D eigenvalue weighted by atomic mass is 16.5. The zero-order valence-electron chi connectivity index (χ0n) is 16.1. The molecule has 0 aliphatic rings. The molecule has 0 saturated heterocycles. The summed E-state index contributed by atoms with van der Waals surface area (Å²) < 4.78 is 13.2. The molecular formula is C22H23N3O2. The minimum atomic E-state index is 0.480. The number of ether oxygens (including phenoxy) is 2. The number of para-hydroxylation sites is 1. The van der Waals surface area contributed by atoms with Crippen molar-refractivity contribution in [3.8, 4) is 22.9 Å². The van der Waals surface area contributed by atoms with Gasteiger partial charge in [0, 0.05) is 17.5 Å². The maximum atomic E-state index is 5.49. The maximum Gasteiger partial charge on any atom is 0.161 e. The lowest BCUT2D eigenvalue weighted by Gasteiger charge is -2.14. The molecule has 138 valence electrons. The first-order valence-corrected chi connectivity index (χ1v) is 9.08. The molecule has 4 rings (SSSR count). The van der Waals surface area contributed by atoms with E-state index in [1.807, 2.05) is 42.6 Å². The third kappa shape index (κ3) is 2.99. The minimum Gasteiger partial charge on any atom is -0.493 e. The predicted molar refractivity (Wildman–Crippen MR) is 108 cm³/mol. The topological polar surface area (TPSA) is 49.2 Å². The van der Waals surface area contributed by atoms with Crippen LogP contribution < -0.4 is 9.47 Å². The highest BCUT2D eigenvalue weighted by Gasteiger charge is 2.18. The third-order valence-electron chi connectivity index (χ3n) is 4.67. The van der Waals surface area contributed by atoms with Crippen molar-refractivity contribution in [3.05, 3.63) is 48.7 Å². The van der Waals surface area contributed by atoms with E-state index in [1.165, 1.54) is 0 Å². The first-order chi connectivity index (χ1) is 13.1. The number of fused-ring (bicyclic) bond motifs is 3. The Morgan fingerprint density at radius 1 is 0.963 bits per heavy atom. The van der Waals surface area contributed by atoms with Gasteiger partial charge in [-0.05, 0) is 30.2 Å². The van der Waals surface area contributed by atoms with Crippen LogP contribution in [0.15, 0.2) is 48.7 Å². The molecule has 0 atom stereocenters. The number of methoxy groups -OCH3 is 2. The van der Waals surface area contributed by atoms with Gasteiger partial charge in [-0.2, -0.15) is 0 Å². The van der Waals surface area contributed by atoms with Crippen molar-refractivity contribution in [3.63, 3.8) is 0 Å². The van der Waals surface area contributed by atoms with E-state index in [4.69, 9.17) is 14.5 Å². The van der Waals surface area contributed by atoms with Crippen LogP contribution in [0.5, 0.6) is 11.5 Å². The Hall–Kier alpha value is -3.08. The lowest BCUT2D eigenvalue weighted by atomic mass is 10.1. The van der Waals surface area contributed by atoms with Gasteiger partial charge in [-0.15, -0.1) is 0 Å². The summed E-state index contributed by atoms with van der Waals surface area (Å²) in [6.45, 7) is 5.30. The molecule has 0 aliphatic heterocycles. The molecule has 0 saturated carbocycles. The van der Waals surface area contributed by atoms with Crippen LogP contribution in [0, 0.1) is 5.92 Å². The lowest BCUT2D eigenvalue weighted by molar-refractivity contribution is 0.355. The normalized spacial score (nSPS) is 11.4. The minimum absolute atomic E-state index is 0.480. The molecule has 0 unspecified atom stereocenters. The Bertz CT molecular complexity index is 1120. The molecule has 27 heavy (non-hydrogen) atoms. The number of benzene rings is 2. The summed E-state index contributed by atoms with van der Waals surface area (Å²) in [7, 11) is 3.29. The smallest absolute Gasteiger partial charge is 0.161 e. The highest BCUT2D eigenvalue weighted by Crippen LogP contribution is 2.35. The van der Waals surface area contributed by atoms with Crippen LogP contribution in [0.25, 0.3) is 33.3 Å². The van der Waals surface area contributed by atoms with Crippen molar-refractivity contribution in [2.45, 2.75) is 20.4 Å². The first kappa shape index (κ1) is 17.3. The van der Waals surface area contributed by atoms with E-state index < -0.39 is 0 Å². The number of rotatable bonds is 5. The van der Waals surface area contributed by atoms with Gasteiger partial charge >= 0.3 is 0 Å². The molecule has 2 aromatic heterocycles. The Morgan fingerprint density at radius 3 is 2.48 bits per heavy atom. The SMILES string of the molecule is COc1ccc(-c2nc3cnc4ccccc4c3n2CC(C)C)cc1OC. The van der Waals surface area contributed by atoms with E-state index in [-0.39, 0.29) is 0 Å². The quantitative estimate of drug-likeness (QED) is 0.506. The Labute approximate surface area is 158 Å². The molecule has 4 aromatic rings. The van der Waals surface area contributed by atoms with Crippen LogP contribution in [-0.4, -0.2) is 28.8 Å². The van der Waals surface area contributed by atoms with Crippen molar-refractivity contribution >= 4 is 21.9 Å². The third-order valence-corrected chi connectivity index (χ3v) is 4.67. The number of imidazole rings is 1. The van der Waals surface area contributed by atoms with E-state index >= 15 is 0 Å². The summed E-state index contributed by atoms with van der Waals surface area (Å²) in [5.74, 6) is 2.80. The molecule has 0 spiro atoms. The second kappa shape index (κ2) is 6.91. The zero-order chi connectivity index (χ0) is 19.0. The van der Waals surface area contributed by atoms with Crippen LogP contribution in [0.1, 0.15) is 13.8 Å². The Balaban J connectivity index is 2.01. The molecule has 0 bridgehead atoms. The van der Waals surface area contributed by atoms with Gasteiger partial charge in [0.1, 0.15) is 11.3 Å². The summed E-state index contributed by atoms with van der Waals surface area (Å²) in [6.07, 6.45) is 1.86. The number of hydrogen-bond donors (Lipinski definition) is 0. The molecule has 5 nitrogen and oxygen atoms in total. The van der Waals surface area contributed by atoms with Crippen LogP contribution in [-0.2, 0) is 6.54 Å². The van der Waals surface area contributed by atoms with E-state index in [0.717, 1.165) is 39.9 Å². The molecule has 0 fully saturated rings. The van der Waals surface area contributed by atoms with Gasteiger partial charge in [-0.3, -0.25) is 4.98 Å². The van der Waals surface area contributed by atoms with Crippen LogP contribution in [0.4, 0.5) is 0 Å². The monoisotopic (exact) mass is 361 g/mol. The molecule has 0 aliphatic carbocycles. The number of hydrogen-bond acceptors (Lipinski definition) is 4. The largest absolute Gasteiger partial charge is 0.493 e. The summed E-state index contributed by atoms with van der Waals surface area (Å²) in [5.41, 5.74) is 4.00. The predicted octanol–water partition coefficient (Wildman–Crippen LogP) is 4.92. The van der Waals surface area contributed by atoms with E-state index in [0.29, 0.717) is 17.4 Å². The average molecular weight is 361 g/mol. The van der Waals surface area contributed by atoms with E-state index in [2.05, 4.69) is 29.5 Å². The van der Waals surface area contributed by atoms with Crippen molar-refractivity contribution < 1.29 is 9.47 Å². The summed E-state index contributed by atoms with van der Waals surface area (Å²) in [6, 6.07) is 14.1. The van der Waals surface area contributed by atoms with Crippen molar-refractivity contribution in [2.24, 2.45) is 5.92 Å². The standard InChI is InChI=1S/C22H23N3O2/c1-14(2)13-25-21-16-7-5-6-8-17(16)23-12-18(21)24-22(25)15-9-10-19(26-3)20(11-15)27-4/h5-12,14H,13H2,1-4H3. The van der Waals surface area contributed by atoms with Crippen LogP contribution in [0.3, 0.4) is 0 Å². The van der Waals surface area contributed by atoms with Gasteiger partial charge < -0.3 is 14.0 Å². The number of nitrogens with zero attached hydrogens (tertiary/aromatic N) is 3. The van der Waals surface area contributed by atoms with Gasteiger partial charge in [0.05, 0.1) is 31.4 Å². The highest BCUT2D eigenvalue weighted by molar-refractivity contribution is 6.03. The lowest BCUT2D eigenvalue weighted by Crippen LogP contribution is -2.06. The molecule has 5 heteroatoms. The van der Waals surface area contributed by atoms with Gasteiger partial charge in [-0.25, -0.2) is 4.98 Å². The first-order valence-electron chi connectivity index (χ1n) is 9.08. The van der Waals surface area contributed by atoms with Crippen LogP contribution >= 0.6 is 0 Å². The number of aromatic nitrogens is 3. The van der Waals surface area contributed by atoms with Gasteiger partial charge in [0.25, 0.3) is 0 Å². The molecule has 2 aromatic carbocycles. The summed E-state index contributed by atoms with van der Waals surface area (Å²) >= 11 is 0. The molecule has 0 radical (unpaired) electrons. The Morgan fingerprint density at radius 2 is 1.74 bits per heavy atom. The molecule has 2 heterocycles. The Kier molecular flexibility index (Phi) is 4.44. The second-order valence-corrected chi connectivity index (χ2v) is 7.02. The van der Waals surface area contributed by atoms with E-state index in [9.17, 15) is 0 Å². The van der Waals surface area contributed by atoms with Crippen LogP contribution in [0.2, 0.25) is 0 Å². The zero-order valence-corrected chi connectivity index (χ0v) is 16.1. The average Bonchev–Trinajstić information content (AvgIpc) is 3.05. The van der Waals surface area contributed by atoms with Crippen molar-refractivity contribution in [2.75, 3.05) is 14.2 Å². The molecule has 0 amide bonds.